The summed E-state index contributed by atoms with van der Waals surface area (Å²) in [5.41, 5.74) is 1.29. The minimum atomic E-state index is -0.922. The Labute approximate surface area is 155 Å². The molecule has 25 heavy (non-hydrogen) atoms. The quantitative estimate of drug-likeness (QED) is 0.407. The SMILES string of the molecule is CCCCC(CC)COC(=O)CCSc1cc(CC)cc(C(=O)O)c1. The van der Waals surface area contributed by atoms with Crippen LogP contribution in [0.15, 0.2) is 23.1 Å². The third-order valence-corrected chi connectivity index (χ3v) is 5.20. The number of carbonyl (C=O) groups excluding carboxylic acids is 1. The molecular formula is C20H30O4S. The van der Waals surface area contributed by atoms with Gasteiger partial charge in [-0.05, 0) is 42.5 Å². The van der Waals surface area contributed by atoms with E-state index in [1.54, 1.807) is 12.1 Å². The Hall–Kier alpha value is -1.49. The van der Waals surface area contributed by atoms with Gasteiger partial charge in [0, 0.05) is 10.6 Å². The van der Waals surface area contributed by atoms with Crippen molar-refractivity contribution in [1.29, 1.82) is 0 Å². The molecule has 0 heterocycles. The van der Waals surface area contributed by atoms with Crippen molar-refractivity contribution < 1.29 is 19.4 Å². The summed E-state index contributed by atoms with van der Waals surface area (Å²) >= 11 is 1.50. The van der Waals surface area contributed by atoms with Crippen LogP contribution in [0.3, 0.4) is 0 Å². The van der Waals surface area contributed by atoms with Crippen LogP contribution in [0.2, 0.25) is 0 Å². The first-order valence-corrected chi connectivity index (χ1v) is 10.1. The third-order valence-electron chi connectivity index (χ3n) is 4.22. The van der Waals surface area contributed by atoms with Crippen molar-refractivity contribution in [3.05, 3.63) is 29.3 Å². The number of ether oxygens (including phenoxy) is 1. The van der Waals surface area contributed by atoms with E-state index in [2.05, 4.69) is 13.8 Å². The van der Waals surface area contributed by atoms with Crippen LogP contribution in [0.4, 0.5) is 0 Å². The fourth-order valence-electron chi connectivity index (χ4n) is 2.50. The number of aryl methyl sites for hydroxylation is 1. The van der Waals surface area contributed by atoms with Crippen LogP contribution in [0, 0.1) is 5.92 Å². The highest BCUT2D eigenvalue weighted by molar-refractivity contribution is 7.99. The molecule has 4 nitrogen and oxygen atoms in total. The van der Waals surface area contributed by atoms with Crippen molar-refractivity contribution in [3.8, 4) is 0 Å². The maximum Gasteiger partial charge on any atom is 0.335 e. The number of thioether (sulfide) groups is 1. The summed E-state index contributed by atoms with van der Waals surface area (Å²) in [6.45, 7) is 6.80. The Kier molecular flexibility index (Phi) is 10.3. The van der Waals surface area contributed by atoms with E-state index in [-0.39, 0.29) is 5.97 Å². The molecule has 1 aromatic rings. The van der Waals surface area contributed by atoms with Crippen LogP contribution >= 0.6 is 11.8 Å². The maximum atomic E-state index is 11.9. The summed E-state index contributed by atoms with van der Waals surface area (Å²) in [6, 6.07) is 5.34. The summed E-state index contributed by atoms with van der Waals surface area (Å²) in [5, 5.41) is 9.17. The lowest BCUT2D eigenvalue weighted by Crippen LogP contribution is -2.14. The van der Waals surface area contributed by atoms with E-state index in [1.807, 2.05) is 13.0 Å². The van der Waals surface area contributed by atoms with Gasteiger partial charge >= 0.3 is 11.9 Å². The van der Waals surface area contributed by atoms with Gasteiger partial charge in [0.2, 0.25) is 0 Å². The molecule has 0 aromatic heterocycles. The van der Waals surface area contributed by atoms with Gasteiger partial charge < -0.3 is 9.84 Å². The number of rotatable bonds is 12. The molecule has 0 bridgehead atoms. The zero-order valence-corrected chi connectivity index (χ0v) is 16.4. The molecule has 1 atom stereocenters. The lowest BCUT2D eigenvalue weighted by atomic mass is 10.0. The number of aromatic carboxylic acids is 1. The zero-order chi connectivity index (χ0) is 18.7. The lowest BCUT2D eigenvalue weighted by molar-refractivity contribution is -0.144. The largest absolute Gasteiger partial charge is 0.478 e. The van der Waals surface area contributed by atoms with E-state index in [1.165, 1.54) is 18.2 Å². The van der Waals surface area contributed by atoms with E-state index >= 15 is 0 Å². The number of carboxylic acids is 1. The normalized spacial score (nSPS) is 12.0. The predicted molar refractivity (Wildman–Crippen MR) is 102 cm³/mol. The van der Waals surface area contributed by atoms with Gasteiger partial charge in [0.05, 0.1) is 18.6 Å². The highest BCUT2D eigenvalue weighted by Gasteiger charge is 2.11. The van der Waals surface area contributed by atoms with Crippen LogP contribution in [-0.2, 0) is 16.0 Å². The van der Waals surface area contributed by atoms with Crippen molar-refractivity contribution in [2.45, 2.75) is 64.2 Å². The Morgan fingerprint density at radius 1 is 1.20 bits per heavy atom. The Bertz CT molecular complexity index is 557. The second-order valence-electron chi connectivity index (χ2n) is 6.22. The number of unbranched alkanes of at least 4 members (excludes halogenated alkanes) is 1. The summed E-state index contributed by atoms with van der Waals surface area (Å²) in [5.74, 6) is -0.0469. The van der Waals surface area contributed by atoms with Crippen molar-refractivity contribution in [3.63, 3.8) is 0 Å². The summed E-state index contributed by atoms with van der Waals surface area (Å²) in [4.78, 5) is 24.0. The van der Waals surface area contributed by atoms with Crippen molar-refractivity contribution in [1.82, 2.24) is 0 Å². The molecule has 0 aliphatic carbocycles. The standard InChI is InChI=1S/C20H30O4S/c1-4-7-8-15(5-2)14-24-19(21)9-10-25-18-12-16(6-3)11-17(13-18)20(22)23/h11-13,15H,4-10,14H2,1-3H3,(H,22,23). The first kappa shape index (κ1) is 21.6. The van der Waals surface area contributed by atoms with Crippen molar-refractivity contribution in [2.75, 3.05) is 12.4 Å². The van der Waals surface area contributed by atoms with Gasteiger partial charge in [-0.1, -0.05) is 40.0 Å². The fourth-order valence-corrected chi connectivity index (χ4v) is 3.45. The minimum Gasteiger partial charge on any atom is -0.478 e. The predicted octanol–water partition coefficient (Wildman–Crippen LogP) is 5.19. The zero-order valence-electron chi connectivity index (χ0n) is 15.5. The number of esters is 1. The number of carbonyl (C=O) groups is 2. The lowest BCUT2D eigenvalue weighted by Gasteiger charge is -2.14. The first-order chi connectivity index (χ1) is 12.0. The first-order valence-electron chi connectivity index (χ1n) is 9.15. The van der Waals surface area contributed by atoms with Crippen molar-refractivity contribution in [2.24, 2.45) is 5.92 Å². The molecule has 1 rings (SSSR count). The Morgan fingerprint density at radius 3 is 2.56 bits per heavy atom. The minimum absolute atomic E-state index is 0.174. The molecule has 140 valence electrons. The molecule has 0 saturated carbocycles. The fraction of sp³-hybridized carbons (Fsp3) is 0.600. The van der Waals surface area contributed by atoms with Gasteiger partial charge in [0.25, 0.3) is 0 Å². The molecular weight excluding hydrogens is 336 g/mol. The number of hydrogen-bond donors (Lipinski definition) is 1. The van der Waals surface area contributed by atoms with Gasteiger partial charge in [-0.3, -0.25) is 4.79 Å². The maximum absolute atomic E-state index is 11.9. The molecule has 0 amide bonds. The van der Waals surface area contributed by atoms with Crippen LogP contribution in [0.5, 0.6) is 0 Å². The van der Waals surface area contributed by atoms with E-state index < -0.39 is 5.97 Å². The monoisotopic (exact) mass is 366 g/mol. The molecule has 0 radical (unpaired) electrons. The van der Waals surface area contributed by atoms with Crippen LogP contribution in [0.1, 0.15) is 68.8 Å². The topological polar surface area (TPSA) is 63.6 Å². The molecule has 1 N–H and O–H groups in total. The molecule has 0 aliphatic rings. The van der Waals surface area contributed by atoms with E-state index in [9.17, 15) is 9.59 Å². The van der Waals surface area contributed by atoms with E-state index in [0.29, 0.717) is 30.3 Å². The van der Waals surface area contributed by atoms with Crippen molar-refractivity contribution >= 4 is 23.7 Å². The summed E-state index contributed by atoms with van der Waals surface area (Å²) < 4.78 is 5.39. The van der Waals surface area contributed by atoms with E-state index in [4.69, 9.17) is 9.84 Å². The molecule has 5 heteroatoms. The second-order valence-corrected chi connectivity index (χ2v) is 7.39. The number of hydrogen-bond acceptors (Lipinski definition) is 4. The molecule has 0 spiro atoms. The third kappa shape index (κ3) is 8.43. The van der Waals surface area contributed by atoms with Gasteiger partial charge in [-0.25, -0.2) is 4.79 Å². The molecule has 0 saturated heterocycles. The summed E-state index contributed by atoms with van der Waals surface area (Å²) in [7, 11) is 0. The molecule has 1 unspecified atom stereocenters. The van der Waals surface area contributed by atoms with Gasteiger partial charge in [0.1, 0.15) is 0 Å². The summed E-state index contributed by atoms with van der Waals surface area (Å²) in [6.07, 6.45) is 5.60. The number of carboxylic acid groups (broad SMARTS) is 1. The number of benzene rings is 1. The molecule has 0 fully saturated rings. The van der Waals surface area contributed by atoms with Gasteiger partial charge in [-0.15, -0.1) is 11.8 Å². The van der Waals surface area contributed by atoms with Crippen LogP contribution < -0.4 is 0 Å². The highest BCUT2D eigenvalue weighted by Crippen LogP contribution is 2.23. The average Bonchev–Trinajstić information content (AvgIpc) is 2.61. The second kappa shape index (κ2) is 12.0. The van der Waals surface area contributed by atoms with Crippen LogP contribution in [-0.4, -0.2) is 29.4 Å². The van der Waals surface area contributed by atoms with Gasteiger partial charge in [-0.2, -0.15) is 0 Å². The van der Waals surface area contributed by atoms with Gasteiger partial charge in [0.15, 0.2) is 0 Å². The molecule has 1 aromatic carbocycles. The molecule has 0 aliphatic heterocycles. The van der Waals surface area contributed by atoms with E-state index in [0.717, 1.165) is 36.1 Å². The van der Waals surface area contributed by atoms with Crippen LogP contribution in [0.25, 0.3) is 0 Å². The Morgan fingerprint density at radius 2 is 1.96 bits per heavy atom. The highest BCUT2D eigenvalue weighted by atomic mass is 32.2. The average molecular weight is 367 g/mol. The smallest absolute Gasteiger partial charge is 0.335 e. The Balaban J connectivity index is 2.42.